The molecule has 3 rings (SSSR count). The summed E-state index contributed by atoms with van der Waals surface area (Å²) in [5.41, 5.74) is 2.81. The minimum Gasteiger partial charge on any atom is -0.493 e. The molecule has 0 unspecified atom stereocenters. The van der Waals surface area contributed by atoms with Gasteiger partial charge in [-0.1, -0.05) is 51.1 Å². The summed E-state index contributed by atoms with van der Waals surface area (Å²) >= 11 is 0. The minimum absolute atomic E-state index is 0.0650. The lowest BCUT2D eigenvalue weighted by Crippen LogP contribution is -2.38. The number of carbonyl (C=O) groups excluding carboxylic acids is 1. The number of amides is 1. The maximum atomic E-state index is 12.8. The Morgan fingerprint density at radius 2 is 1.66 bits per heavy atom. The zero-order chi connectivity index (χ0) is 26.0. The number of aromatic nitrogens is 2. The summed E-state index contributed by atoms with van der Waals surface area (Å²) in [4.78, 5) is 24.1. The second-order valence-electron chi connectivity index (χ2n) is 9.95. The van der Waals surface area contributed by atoms with Crippen LogP contribution in [0.15, 0.2) is 48.5 Å². The molecule has 0 aliphatic carbocycles. The Balaban J connectivity index is 1.71. The van der Waals surface area contributed by atoms with Gasteiger partial charge in [-0.25, -0.2) is 4.79 Å². The van der Waals surface area contributed by atoms with Crippen molar-refractivity contribution in [1.82, 2.24) is 15.1 Å². The Morgan fingerprint density at radius 1 is 1.00 bits per heavy atom. The first-order chi connectivity index (χ1) is 16.3. The summed E-state index contributed by atoms with van der Waals surface area (Å²) in [6.45, 7) is 9.67. The van der Waals surface area contributed by atoms with Crippen LogP contribution in [0.5, 0.6) is 11.5 Å². The number of nitrogens with one attached hydrogen (secondary N) is 1. The fourth-order valence-corrected chi connectivity index (χ4v) is 3.49. The topological polar surface area (TPSA) is 103 Å². The second kappa shape index (κ2) is 9.82. The first-order valence-corrected chi connectivity index (χ1v) is 11.3. The van der Waals surface area contributed by atoms with Crippen molar-refractivity contribution < 1.29 is 24.2 Å². The number of methoxy groups -OCH3 is 1. The van der Waals surface area contributed by atoms with Gasteiger partial charge in [-0.2, -0.15) is 5.10 Å². The number of ether oxygens (including phenoxy) is 2. The van der Waals surface area contributed by atoms with Crippen LogP contribution >= 0.6 is 0 Å². The van der Waals surface area contributed by atoms with Gasteiger partial charge in [-0.3, -0.25) is 9.48 Å². The molecule has 8 heteroatoms. The predicted molar refractivity (Wildman–Crippen MR) is 134 cm³/mol. The maximum Gasteiger partial charge on any atom is 0.347 e. The molecule has 3 aromatic rings. The molecule has 0 saturated heterocycles. The largest absolute Gasteiger partial charge is 0.493 e. The molecule has 0 saturated carbocycles. The average molecular weight is 480 g/mol. The van der Waals surface area contributed by atoms with Gasteiger partial charge in [0, 0.05) is 13.6 Å². The molecule has 0 bridgehead atoms. The highest BCUT2D eigenvalue weighted by Crippen LogP contribution is 2.31. The van der Waals surface area contributed by atoms with Crippen LogP contribution in [0.3, 0.4) is 0 Å². The molecule has 0 aliphatic rings. The number of carboxylic acids is 1. The van der Waals surface area contributed by atoms with Gasteiger partial charge in [0.2, 0.25) is 0 Å². The number of aryl methyl sites for hydroxylation is 1. The highest BCUT2D eigenvalue weighted by atomic mass is 16.5. The van der Waals surface area contributed by atoms with Crippen molar-refractivity contribution in [2.75, 3.05) is 7.11 Å². The van der Waals surface area contributed by atoms with Crippen LogP contribution in [0, 0.1) is 0 Å². The highest BCUT2D eigenvalue weighted by molar-refractivity contribution is 5.93. The third-order valence-electron chi connectivity index (χ3n) is 5.72. The average Bonchev–Trinajstić information content (AvgIpc) is 3.19. The molecule has 186 valence electrons. The molecule has 2 aromatic carbocycles. The summed E-state index contributed by atoms with van der Waals surface area (Å²) in [6, 6.07) is 15.1. The summed E-state index contributed by atoms with van der Waals surface area (Å²) in [7, 11) is 3.29. The molecule has 1 aromatic heterocycles. The standard InChI is InChI=1S/C27H33N3O5/c1-26(2,3)19-11-9-18(10-12-19)21-15-20(29-30(21)6)24(31)28-16-17-8-13-22(23(14-17)34-7)35-27(4,5)25(32)33/h8-15H,16H2,1-7H3,(H,28,31)(H,32,33). The fourth-order valence-electron chi connectivity index (χ4n) is 3.49. The zero-order valence-corrected chi connectivity index (χ0v) is 21.3. The number of carboxylic acid groups (broad SMARTS) is 1. The van der Waals surface area contributed by atoms with E-state index in [4.69, 9.17) is 9.47 Å². The van der Waals surface area contributed by atoms with Crippen LogP contribution in [0.25, 0.3) is 11.3 Å². The molecular weight excluding hydrogens is 446 g/mol. The van der Waals surface area contributed by atoms with Crippen LogP contribution in [0.4, 0.5) is 0 Å². The SMILES string of the molecule is COc1cc(CNC(=O)c2cc(-c3ccc(C(C)(C)C)cc3)n(C)n2)ccc1OC(C)(C)C(=O)O. The van der Waals surface area contributed by atoms with Crippen LogP contribution < -0.4 is 14.8 Å². The Kier molecular flexibility index (Phi) is 7.24. The van der Waals surface area contributed by atoms with Crippen molar-refractivity contribution in [1.29, 1.82) is 0 Å². The van der Waals surface area contributed by atoms with Gasteiger partial charge in [0.1, 0.15) is 0 Å². The second-order valence-corrected chi connectivity index (χ2v) is 9.95. The number of carbonyl (C=O) groups is 2. The number of hydrogen-bond donors (Lipinski definition) is 2. The van der Waals surface area contributed by atoms with Gasteiger partial charge in [-0.05, 0) is 54.2 Å². The van der Waals surface area contributed by atoms with E-state index in [1.54, 1.807) is 28.9 Å². The van der Waals surface area contributed by atoms with E-state index < -0.39 is 11.6 Å². The fraction of sp³-hybridized carbons (Fsp3) is 0.370. The van der Waals surface area contributed by atoms with Gasteiger partial charge < -0.3 is 19.9 Å². The Hall–Kier alpha value is -3.81. The van der Waals surface area contributed by atoms with Gasteiger partial charge in [0.25, 0.3) is 5.91 Å². The number of hydrogen-bond acceptors (Lipinski definition) is 5. The third-order valence-corrected chi connectivity index (χ3v) is 5.72. The number of rotatable bonds is 8. The lowest BCUT2D eigenvalue weighted by Gasteiger charge is -2.23. The lowest BCUT2D eigenvalue weighted by atomic mass is 9.86. The molecule has 35 heavy (non-hydrogen) atoms. The van der Waals surface area contributed by atoms with E-state index in [0.717, 1.165) is 16.8 Å². The summed E-state index contributed by atoms with van der Waals surface area (Å²) < 4.78 is 12.6. The minimum atomic E-state index is -1.41. The predicted octanol–water partition coefficient (Wildman–Crippen LogP) is 4.57. The molecule has 0 fully saturated rings. The summed E-state index contributed by atoms with van der Waals surface area (Å²) in [5.74, 6) is -0.702. The normalized spacial score (nSPS) is 11.7. The van der Waals surface area contributed by atoms with Crippen molar-refractivity contribution in [2.45, 2.75) is 52.2 Å². The third kappa shape index (κ3) is 6.01. The Labute approximate surface area is 205 Å². The number of nitrogens with zero attached hydrogens (tertiary/aromatic N) is 2. The molecule has 2 N–H and O–H groups in total. The van der Waals surface area contributed by atoms with Crippen molar-refractivity contribution >= 4 is 11.9 Å². The molecule has 0 atom stereocenters. The van der Waals surface area contributed by atoms with E-state index in [2.05, 4.69) is 43.3 Å². The summed E-state index contributed by atoms with van der Waals surface area (Å²) in [6.07, 6.45) is 0. The van der Waals surface area contributed by atoms with Crippen molar-refractivity contribution in [2.24, 2.45) is 7.05 Å². The summed E-state index contributed by atoms with van der Waals surface area (Å²) in [5, 5.41) is 16.5. The van der Waals surface area contributed by atoms with Gasteiger partial charge in [-0.15, -0.1) is 0 Å². The first kappa shape index (κ1) is 25.8. The van der Waals surface area contributed by atoms with Crippen molar-refractivity contribution in [3.63, 3.8) is 0 Å². The zero-order valence-electron chi connectivity index (χ0n) is 21.3. The van der Waals surface area contributed by atoms with Gasteiger partial charge in [0.15, 0.2) is 22.8 Å². The number of aliphatic carboxylic acids is 1. The monoisotopic (exact) mass is 479 g/mol. The van der Waals surface area contributed by atoms with E-state index in [0.29, 0.717) is 17.2 Å². The van der Waals surface area contributed by atoms with Crippen LogP contribution in [0.2, 0.25) is 0 Å². The lowest BCUT2D eigenvalue weighted by molar-refractivity contribution is -0.152. The highest BCUT2D eigenvalue weighted by Gasteiger charge is 2.30. The molecule has 1 amide bonds. The molecule has 0 aliphatic heterocycles. The molecule has 0 spiro atoms. The van der Waals surface area contributed by atoms with Gasteiger partial charge >= 0.3 is 5.97 Å². The van der Waals surface area contributed by atoms with E-state index >= 15 is 0 Å². The van der Waals surface area contributed by atoms with E-state index in [1.165, 1.54) is 26.5 Å². The maximum absolute atomic E-state index is 12.8. The van der Waals surface area contributed by atoms with Crippen LogP contribution in [-0.4, -0.2) is 39.5 Å². The quantitative estimate of drug-likeness (QED) is 0.491. The molecule has 8 nitrogen and oxygen atoms in total. The van der Waals surface area contributed by atoms with E-state index in [1.807, 2.05) is 19.2 Å². The van der Waals surface area contributed by atoms with E-state index in [9.17, 15) is 14.7 Å². The Morgan fingerprint density at radius 3 is 2.23 bits per heavy atom. The van der Waals surface area contributed by atoms with Gasteiger partial charge in [0.05, 0.1) is 12.8 Å². The van der Waals surface area contributed by atoms with Crippen LogP contribution in [-0.2, 0) is 23.8 Å². The number of benzene rings is 2. The smallest absolute Gasteiger partial charge is 0.347 e. The molecular formula is C27H33N3O5. The van der Waals surface area contributed by atoms with Crippen molar-refractivity contribution in [3.8, 4) is 22.8 Å². The Bertz CT molecular complexity index is 1220. The van der Waals surface area contributed by atoms with Crippen molar-refractivity contribution in [3.05, 3.63) is 65.4 Å². The molecule has 0 radical (unpaired) electrons. The molecule has 1 heterocycles. The van der Waals surface area contributed by atoms with E-state index in [-0.39, 0.29) is 17.9 Å². The van der Waals surface area contributed by atoms with Crippen LogP contribution in [0.1, 0.15) is 56.2 Å². The first-order valence-electron chi connectivity index (χ1n) is 11.3.